The van der Waals surface area contributed by atoms with Gasteiger partial charge in [-0.05, 0) is 31.9 Å². The number of hydrogen-bond acceptors (Lipinski definition) is 2. The molecule has 2 unspecified atom stereocenters. The van der Waals surface area contributed by atoms with Crippen LogP contribution in [0.3, 0.4) is 0 Å². The number of aryl methyl sites for hydroxylation is 1. The van der Waals surface area contributed by atoms with Gasteiger partial charge in [0.15, 0.2) is 0 Å². The minimum atomic E-state index is 0.301. The molecule has 2 heteroatoms. The van der Waals surface area contributed by atoms with Crippen molar-refractivity contribution in [2.24, 2.45) is 0 Å². The summed E-state index contributed by atoms with van der Waals surface area (Å²) >= 11 is 0. The third-order valence-electron chi connectivity index (χ3n) is 3.38. The van der Waals surface area contributed by atoms with Gasteiger partial charge in [0.2, 0.25) is 0 Å². The first-order chi connectivity index (χ1) is 8.70. The Bertz CT molecular complexity index is 458. The molecule has 0 aliphatic carbocycles. The molecule has 0 saturated carbocycles. The molecule has 96 valence electrons. The van der Waals surface area contributed by atoms with Gasteiger partial charge in [0.05, 0.1) is 12.5 Å². The summed E-state index contributed by atoms with van der Waals surface area (Å²) in [6, 6.07) is 11.5. The van der Waals surface area contributed by atoms with E-state index in [4.69, 9.17) is 4.42 Å². The van der Waals surface area contributed by atoms with Crippen molar-refractivity contribution in [3.63, 3.8) is 0 Å². The van der Waals surface area contributed by atoms with Crippen LogP contribution in [0.5, 0.6) is 0 Å². The Balaban J connectivity index is 2.07. The molecule has 0 radical (unpaired) electrons. The van der Waals surface area contributed by atoms with Crippen molar-refractivity contribution >= 4 is 0 Å². The van der Waals surface area contributed by atoms with Gasteiger partial charge in [-0.15, -0.1) is 0 Å². The normalized spacial score (nSPS) is 14.4. The highest BCUT2D eigenvalue weighted by molar-refractivity contribution is 5.24. The van der Waals surface area contributed by atoms with E-state index >= 15 is 0 Å². The van der Waals surface area contributed by atoms with Crippen molar-refractivity contribution in [1.82, 2.24) is 5.32 Å². The maximum absolute atomic E-state index is 5.13. The smallest absolute Gasteiger partial charge is 0.0950 e. The summed E-state index contributed by atoms with van der Waals surface area (Å²) in [7, 11) is 0. The Morgan fingerprint density at radius 3 is 2.39 bits per heavy atom. The Morgan fingerprint density at radius 2 is 1.83 bits per heavy atom. The van der Waals surface area contributed by atoms with Gasteiger partial charge in [0.25, 0.3) is 0 Å². The Hall–Kier alpha value is -1.54. The van der Waals surface area contributed by atoms with Crippen LogP contribution >= 0.6 is 0 Å². The molecule has 0 aliphatic rings. The van der Waals surface area contributed by atoms with Crippen molar-refractivity contribution in [1.29, 1.82) is 0 Å². The Morgan fingerprint density at radius 1 is 1.11 bits per heavy atom. The second kappa shape index (κ2) is 5.87. The van der Waals surface area contributed by atoms with Crippen LogP contribution in [0.2, 0.25) is 0 Å². The lowest BCUT2D eigenvalue weighted by atomic mass is 10.0. The zero-order valence-corrected chi connectivity index (χ0v) is 11.3. The summed E-state index contributed by atoms with van der Waals surface area (Å²) in [5.41, 5.74) is 3.84. The SMILES string of the molecule is CCC(NC(C)c1ccoc1)c1ccc(C)cc1. The van der Waals surface area contributed by atoms with Gasteiger partial charge in [-0.1, -0.05) is 36.8 Å². The molecule has 18 heavy (non-hydrogen) atoms. The van der Waals surface area contributed by atoms with Crippen LogP contribution in [-0.2, 0) is 0 Å². The van der Waals surface area contributed by atoms with E-state index in [9.17, 15) is 0 Å². The van der Waals surface area contributed by atoms with Gasteiger partial charge in [0.1, 0.15) is 0 Å². The van der Waals surface area contributed by atoms with Gasteiger partial charge < -0.3 is 9.73 Å². The van der Waals surface area contributed by atoms with Crippen LogP contribution in [-0.4, -0.2) is 0 Å². The van der Waals surface area contributed by atoms with E-state index < -0.39 is 0 Å². The first kappa shape index (κ1) is 12.9. The first-order valence-corrected chi connectivity index (χ1v) is 6.55. The van der Waals surface area contributed by atoms with Crippen LogP contribution in [0.4, 0.5) is 0 Å². The molecule has 1 aromatic carbocycles. The summed E-state index contributed by atoms with van der Waals surface area (Å²) < 4.78 is 5.13. The largest absolute Gasteiger partial charge is 0.472 e. The number of benzene rings is 1. The van der Waals surface area contributed by atoms with Gasteiger partial charge in [-0.2, -0.15) is 0 Å². The lowest BCUT2D eigenvalue weighted by molar-refractivity contribution is 0.452. The lowest BCUT2D eigenvalue weighted by Gasteiger charge is -2.22. The molecular weight excluding hydrogens is 222 g/mol. The molecular formula is C16H21NO. The summed E-state index contributed by atoms with van der Waals surface area (Å²) in [6.45, 7) is 6.49. The molecule has 0 bridgehead atoms. The van der Waals surface area contributed by atoms with Gasteiger partial charge in [0, 0.05) is 17.6 Å². The van der Waals surface area contributed by atoms with Gasteiger partial charge in [-0.25, -0.2) is 0 Å². The zero-order chi connectivity index (χ0) is 13.0. The maximum atomic E-state index is 5.13. The van der Waals surface area contributed by atoms with Crippen LogP contribution in [0, 0.1) is 6.92 Å². The molecule has 2 aromatic rings. The summed E-state index contributed by atoms with van der Waals surface area (Å²) in [5, 5.41) is 3.64. The zero-order valence-electron chi connectivity index (χ0n) is 11.3. The lowest BCUT2D eigenvalue weighted by Crippen LogP contribution is -2.23. The molecule has 0 saturated heterocycles. The molecule has 0 amide bonds. The van der Waals surface area contributed by atoms with E-state index in [0.717, 1.165) is 6.42 Å². The fourth-order valence-corrected chi connectivity index (χ4v) is 2.17. The first-order valence-electron chi connectivity index (χ1n) is 6.55. The van der Waals surface area contributed by atoms with Crippen LogP contribution < -0.4 is 5.32 Å². The second-order valence-corrected chi connectivity index (χ2v) is 4.82. The fraction of sp³-hybridized carbons (Fsp3) is 0.375. The molecule has 2 nitrogen and oxygen atoms in total. The molecule has 0 fully saturated rings. The van der Waals surface area contributed by atoms with Crippen LogP contribution in [0.25, 0.3) is 0 Å². The van der Waals surface area contributed by atoms with E-state index in [-0.39, 0.29) is 0 Å². The number of nitrogens with one attached hydrogen (secondary N) is 1. The molecule has 1 heterocycles. The molecule has 2 atom stereocenters. The molecule has 0 aliphatic heterocycles. The van der Waals surface area contributed by atoms with E-state index in [2.05, 4.69) is 50.4 Å². The minimum absolute atomic E-state index is 0.301. The van der Waals surface area contributed by atoms with E-state index in [1.807, 2.05) is 6.07 Å². The van der Waals surface area contributed by atoms with E-state index in [0.29, 0.717) is 12.1 Å². The van der Waals surface area contributed by atoms with E-state index in [1.165, 1.54) is 16.7 Å². The topological polar surface area (TPSA) is 25.2 Å². The third kappa shape index (κ3) is 3.02. The van der Waals surface area contributed by atoms with Crippen LogP contribution in [0.1, 0.15) is 49.0 Å². The fourth-order valence-electron chi connectivity index (χ4n) is 2.17. The summed E-state index contributed by atoms with van der Waals surface area (Å²) in [4.78, 5) is 0. The highest BCUT2D eigenvalue weighted by Crippen LogP contribution is 2.22. The average molecular weight is 243 g/mol. The highest BCUT2D eigenvalue weighted by Gasteiger charge is 2.14. The maximum Gasteiger partial charge on any atom is 0.0950 e. The summed E-state index contributed by atoms with van der Waals surface area (Å²) in [6.07, 6.45) is 4.60. The Labute approximate surface area is 109 Å². The Kier molecular flexibility index (Phi) is 4.21. The number of rotatable bonds is 5. The number of hydrogen-bond donors (Lipinski definition) is 1. The van der Waals surface area contributed by atoms with Crippen molar-refractivity contribution in [3.8, 4) is 0 Å². The third-order valence-corrected chi connectivity index (χ3v) is 3.38. The van der Waals surface area contributed by atoms with Crippen molar-refractivity contribution < 1.29 is 4.42 Å². The van der Waals surface area contributed by atoms with Gasteiger partial charge in [-0.3, -0.25) is 0 Å². The molecule has 1 N–H and O–H groups in total. The predicted octanol–water partition coefficient (Wildman–Crippen LogP) is 4.39. The second-order valence-electron chi connectivity index (χ2n) is 4.82. The molecule has 2 rings (SSSR count). The average Bonchev–Trinajstić information content (AvgIpc) is 2.91. The van der Waals surface area contributed by atoms with Crippen molar-refractivity contribution in [2.45, 2.75) is 39.3 Å². The van der Waals surface area contributed by atoms with Crippen molar-refractivity contribution in [3.05, 3.63) is 59.5 Å². The van der Waals surface area contributed by atoms with Crippen LogP contribution in [0.15, 0.2) is 47.3 Å². The molecule has 0 spiro atoms. The monoisotopic (exact) mass is 243 g/mol. The van der Waals surface area contributed by atoms with Gasteiger partial charge >= 0.3 is 0 Å². The highest BCUT2D eigenvalue weighted by atomic mass is 16.3. The minimum Gasteiger partial charge on any atom is -0.472 e. The predicted molar refractivity (Wildman–Crippen MR) is 74.5 cm³/mol. The molecule has 1 aromatic heterocycles. The quantitative estimate of drug-likeness (QED) is 0.842. The summed E-state index contributed by atoms with van der Waals surface area (Å²) in [5.74, 6) is 0. The standard InChI is InChI=1S/C16H21NO/c1-4-16(14-7-5-12(2)6-8-14)17-13(3)15-9-10-18-11-15/h5-11,13,16-17H,4H2,1-3H3. The van der Waals surface area contributed by atoms with Crippen molar-refractivity contribution in [2.75, 3.05) is 0 Å². The van der Waals surface area contributed by atoms with E-state index in [1.54, 1.807) is 12.5 Å². The number of furan rings is 1.